The maximum absolute atomic E-state index is 13.1. The van der Waals surface area contributed by atoms with E-state index in [4.69, 9.17) is 0 Å². The van der Waals surface area contributed by atoms with Gasteiger partial charge in [0.2, 0.25) is 0 Å². The topological polar surface area (TPSA) is 15.3 Å². The van der Waals surface area contributed by atoms with Crippen LogP contribution in [0.2, 0.25) is 0 Å². The van der Waals surface area contributed by atoms with Crippen molar-refractivity contribution in [1.29, 1.82) is 0 Å². The predicted molar refractivity (Wildman–Crippen MR) is 66.8 cm³/mol. The Hall–Kier alpha value is -0.820. The molecule has 1 aromatic carbocycles. The summed E-state index contributed by atoms with van der Waals surface area (Å²) in [7, 11) is 0. The van der Waals surface area contributed by atoms with E-state index >= 15 is 0 Å². The number of hydrogen-bond acceptors (Lipinski definition) is 2. The molecule has 1 aromatic rings. The van der Waals surface area contributed by atoms with E-state index in [-0.39, 0.29) is 17.0 Å². The Morgan fingerprint density at radius 1 is 1.11 bits per heavy atom. The van der Waals surface area contributed by atoms with Gasteiger partial charge in [-0.1, -0.05) is 0 Å². The smallest absolute Gasteiger partial charge is 0.369 e. The van der Waals surface area contributed by atoms with Crippen molar-refractivity contribution < 1.29 is 17.6 Å². The lowest BCUT2D eigenvalue weighted by Gasteiger charge is -2.29. The summed E-state index contributed by atoms with van der Waals surface area (Å²) in [5.74, 6) is -1.23. The molecule has 0 unspecified atom stereocenters. The maximum Gasteiger partial charge on any atom is 0.419 e. The molecule has 0 saturated carbocycles. The highest BCUT2D eigenvalue weighted by Crippen LogP contribution is 2.33. The molecular formula is C11H13BrF4N2. The molecule has 18 heavy (non-hydrogen) atoms. The Morgan fingerprint density at radius 3 is 2.28 bits per heavy atom. The summed E-state index contributed by atoms with van der Waals surface area (Å²) in [5, 5.41) is 3.10. The lowest BCUT2D eigenvalue weighted by atomic mass is 10.1. The largest absolute Gasteiger partial charge is 0.419 e. The molecule has 0 aliphatic carbocycles. The third kappa shape index (κ3) is 3.35. The van der Waals surface area contributed by atoms with Crippen molar-refractivity contribution in [1.82, 2.24) is 5.32 Å². The van der Waals surface area contributed by atoms with Gasteiger partial charge in [0.25, 0.3) is 0 Å². The molecule has 1 aliphatic heterocycles. The molecule has 0 amide bonds. The van der Waals surface area contributed by atoms with Crippen LogP contribution in [0.3, 0.4) is 0 Å². The molecule has 0 spiro atoms. The summed E-state index contributed by atoms with van der Waals surface area (Å²) in [4.78, 5) is 1.81. The second-order valence-corrected chi connectivity index (χ2v) is 3.90. The fourth-order valence-corrected chi connectivity index (χ4v) is 1.85. The Bertz CT molecular complexity index is 403. The highest BCUT2D eigenvalue weighted by Gasteiger charge is 2.34. The van der Waals surface area contributed by atoms with Crippen molar-refractivity contribution in [3.63, 3.8) is 0 Å². The Balaban J connectivity index is 0.00000162. The minimum absolute atomic E-state index is 0. The van der Waals surface area contributed by atoms with E-state index in [9.17, 15) is 17.6 Å². The van der Waals surface area contributed by atoms with E-state index in [1.807, 2.05) is 4.90 Å². The lowest BCUT2D eigenvalue weighted by molar-refractivity contribution is -0.139. The summed E-state index contributed by atoms with van der Waals surface area (Å²) in [6, 6.07) is 3.14. The van der Waals surface area contributed by atoms with Gasteiger partial charge in [0, 0.05) is 31.9 Å². The average Bonchev–Trinajstić information content (AvgIpc) is 2.29. The first-order valence-corrected chi connectivity index (χ1v) is 5.31. The van der Waals surface area contributed by atoms with Crippen LogP contribution in [-0.4, -0.2) is 26.2 Å². The van der Waals surface area contributed by atoms with E-state index in [1.54, 1.807) is 0 Å². The molecule has 1 saturated heterocycles. The number of nitrogens with zero attached hydrogens (tertiary/aromatic N) is 1. The summed E-state index contributed by atoms with van der Waals surface area (Å²) < 4.78 is 50.7. The summed E-state index contributed by atoms with van der Waals surface area (Å²) in [6.45, 7) is 2.70. The van der Waals surface area contributed by atoms with Crippen molar-refractivity contribution in [3.8, 4) is 0 Å². The molecule has 2 rings (SSSR count). The van der Waals surface area contributed by atoms with Gasteiger partial charge >= 0.3 is 6.18 Å². The molecular weight excluding hydrogens is 316 g/mol. The van der Waals surface area contributed by atoms with Crippen molar-refractivity contribution in [2.24, 2.45) is 0 Å². The van der Waals surface area contributed by atoms with Gasteiger partial charge in [0.05, 0.1) is 5.56 Å². The predicted octanol–water partition coefficient (Wildman–Crippen LogP) is 2.83. The normalized spacial score (nSPS) is 16.3. The Labute approximate surface area is 113 Å². The van der Waals surface area contributed by atoms with Crippen molar-refractivity contribution >= 4 is 22.7 Å². The molecule has 102 valence electrons. The molecule has 2 nitrogen and oxygen atoms in total. The minimum Gasteiger partial charge on any atom is -0.369 e. The number of hydrogen-bond donors (Lipinski definition) is 1. The quantitative estimate of drug-likeness (QED) is 0.797. The second kappa shape index (κ2) is 5.88. The summed E-state index contributed by atoms with van der Waals surface area (Å²) in [6.07, 6.45) is -4.64. The van der Waals surface area contributed by atoms with Gasteiger partial charge in [-0.25, -0.2) is 4.39 Å². The molecule has 0 atom stereocenters. The zero-order valence-corrected chi connectivity index (χ0v) is 11.1. The maximum atomic E-state index is 13.1. The van der Waals surface area contributed by atoms with E-state index in [2.05, 4.69) is 5.32 Å². The van der Waals surface area contributed by atoms with Gasteiger partial charge in [-0.05, 0) is 18.2 Å². The number of piperazine rings is 1. The summed E-state index contributed by atoms with van der Waals surface area (Å²) in [5.41, 5.74) is -0.784. The number of halogens is 5. The van der Waals surface area contributed by atoms with Crippen LogP contribution >= 0.6 is 17.0 Å². The third-order valence-corrected chi connectivity index (χ3v) is 2.74. The molecule has 0 bridgehead atoms. The zero-order chi connectivity index (χ0) is 12.5. The molecule has 1 heterocycles. The molecule has 0 radical (unpaired) electrons. The van der Waals surface area contributed by atoms with Crippen molar-refractivity contribution in [2.75, 3.05) is 31.1 Å². The fourth-order valence-electron chi connectivity index (χ4n) is 1.85. The van der Waals surface area contributed by atoms with E-state index in [0.717, 1.165) is 25.2 Å². The van der Waals surface area contributed by atoms with Gasteiger partial charge < -0.3 is 10.2 Å². The lowest BCUT2D eigenvalue weighted by Crippen LogP contribution is -2.43. The van der Waals surface area contributed by atoms with Crippen molar-refractivity contribution in [2.45, 2.75) is 6.18 Å². The highest BCUT2D eigenvalue weighted by atomic mass is 79.9. The molecule has 7 heteroatoms. The number of rotatable bonds is 1. The van der Waals surface area contributed by atoms with E-state index in [1.165, 1.54) is 6.07 Å². The van der Waals surface area contributed by atoms with Crippen LogP contribution in [0.4, 0.5) is 23.2 Å². The fraction of sp³-hybridized carbons (Fsp3) is 0.455. The minimum atomic E-state index is -4.64. The van der Waals surface area contributed by atoms with Crippen LogP contribution in [0.15, 0.2) is 18.2 Å². The van der Waals surface area contributed by atoms with Gasteiger partial charge in [0.15, 0.2) is 0 Å². The van der Waals surface area contributed by atoms with Gasteiger partial charge in [-0.3, -0.25) is 0 Å². The van der Waals surface area contributed by atoms with Crippen LogP contribution in [0.25, 0.3) is 0 Å². The first-order chi connectivity index (χ1) is 7.98. The van der Waals surface area contributed by atoms with Gasteiger partial charge in [-0.15, -0.1) is 17.0 Å². The second-order valence-electron chi connectivity index (χ2n) is 3.90. The van der Waals surface area contributed by atoms with Crippen LogP contribution < -0.4 is 10.2 Å². The zero-order valence-electron chi connectivity index (χ0n) is 9.43. The van der Waals surface area contributed by atoms with Crippen molar-refractivity contribution in [3.05, 3.63) is 29.6 Å². The standard InChI is InChI=1S/C11H12F4N2.BrH/c12-10-2-1-8(7-9(10)11(13,14)15)17-5-3-16-4-6-17;/h1-2,7,16H,3-6H2;1H. The van der Waals surface area contributed by atoms with E-state index in [0.29, 0.717) is 18.8 Å². The number of anilines is 1. The molecule has 1 N–H and O–H groups in total. The molecule has 1 aliphatic rings. The molecule has 1 fully saturated rings. The van der Waals surface area contributed by atoms with Gasteiger partial charge in [-0.2, -0.15) is 13.2 Å². The van der Waals surface area contributed by atoms with Crippen LogP contribution in [-0.2, 0) is 6.18 Å². The SMILES string of the molecule is Br.Fc1ccc(N2CCNCC2)cc1C(F)(F)F. The number of benzene rings is 1. The van der Waals surface area contributed by atoms with E-state index < -0.39 is 17.6 Å². The number of nitrogens with one attached hydrogen (secondary N) is 1. The van der Waals surface area contributed by atoms with Crippen LogP contribution in [0.1, 0.15) is 5.56 Å². The first-order valence-electron chi connectivity index (χ1n) is 5.31. The van der Waals surface area contributed by atoms with Gasteiger partial charge in [0.1, 0.15) is 5.82 Å². The van der Waals surface area contributed by atoms with Crippen LogP contribution in [0.5, 0.6) is 0 Å². The summed E-state index contributed by atoms with van der Waals surface area (Å²) >= 11 is 0. The number of alkyl halides is 3. The first kappa shape index (κ1) is 15.2. The highest BCUT2D eigenvalue weighted by molar-refractivity contribution is 8.93. The Kier molecular flexibility index (Phi) is 4.98. The third-order valence-electron chi connectivity index (χ3n) is 2.74. The molecule has 0 aromatic heterocycles. The Morgan fingerprint density at radius 2 is 1.72 bits per heavy atom. The van der Waals surface area contributed by atoms with Crippen LogP contribution in [0, 0.1) is 5.82 Å². The average molecular weight is 329 g/mol. The monoisotopic (exact) mass is 328 g/mol.